The fourth-order valence-corrected chi connectivity index (χ4v) is 2.28. The summed E-state index contributed by atoms with van der Waals surface area (Å²) in [6.07, 6.45) is 4.22. The predicted molar refractivity (Wildman–Crippen MR) is 85.6 cm³/mol. The third-order valence-electron chi connectivity index (χ3n) is 3.28. The third kappa shape index (κ3) is 4.25. The number of amides is 1. The summed E-state index contributed by atoms with van der Waals surface area (Å²) in [4.78, 5) is 11.9. The normalized spacial score (nSPS) is 11.0. The summed E-state index contributed by atoms with van der Waals surface area (Å²) in [7, 11) is 0. The number of hydrogen-bond acceptors (Lipinski definition) is 2. The molecule has 2 rings (SSSR count). The smallest absolute Gasteiger partial charge is 0.239 e. The fourth-order valence-electron chi connectivity index (χ4n) is 2.28. The number of benzene rings is 1. The van der Waals surface area contributed by atoms with Crippen LogP contribution >= 0.6 is 0 Å². The SMILES string of the molecule is CCCCNC(=O)Cn1ccc2cc(OC(C)C)ccc21. The van der Waals surface area contributed by atoms with Crippen molar-refractivity contribution < 1.29 is 9.53 Å². The number of carbonyl (C=O) groups excluding carboxylic acids is 1. The second-order valence-electron chi connectivity index (χ2n) is 5.53. The van der Waals surface area contributed by atoms with Gasteiger partial charge >= 0.3 is 0 Å². The first-order valence-corrected chi connectivity index (χ1v) is 7.62. The summed E-state index contributed by atoms with van der Waals surface area (Å²) in [6, 6.07) is 7.99. The lowest BCUT2D eigenvalue weighted by molar-refractivity contribution is -0.121. The second-order valence-corrected chi connectivity index (χ2v) is 5.53. The van der Waals surface area contributed by atoms with Crippen LogP contribution in [0, 0.1) is 0 Å². The maximum Gasteiger partial charge on any atom is 0.239 e. The molecule has 21 heavy (non-hydrogen) atoms. The first kappa shape index (κ1) is 15.4. The van der Waals surface area contributed by atoms with Crippen molar-refractivity contribution in [3.8, 4) is 5.75 Å². The molecule has 0 unspecified atom stereocenters. The first-order valence-electron chi connectivity index (χ1n) is 7.62. The highest BCUT2D eigenvalue weighted by atomic mass is 16.5. The van der Waals surface area contributed by atoms with Crippen LogP contribution in [0.5, 0.6) is 5.75 Å². The van der Waals surface area contributed by atoms with Gasteiger partial charge in [-0.15, -0.1) is 0 Å². The van der Waals surface area contributed by atoms with Gasteiger partial charge in [0, 0.05) is 23.6 Å². The van der Waals surface area contributed by atoms with E-state index < -0.39 is 0 Å². The predicted octanol–water partition coefficient (Wildman–Crippen LogP) is 3.34. The van der Waals surface area contributed by atoms with E-state index >= 15 is 0 Å². The number of carbonyl (C=O) groups is 1. The second kappa shape index (κ2) is 7.16. The summed E-state index contributed by atoms with van der Waals surface area (Å²) in [5, 5.41) is 4.03. The van der Waals surface area contributed by atoms with Crippen LogP contribution in [0.15, 0.2) is 30.5 Å². The Morgan fingerprint density at radius 3 is 2.86 bits per heavy atom. The number of nitrogens with zero attached hydrogens (tertiary/aromatic N) is 1. The van der Waals surface area contributed by atoms with Crippen LogP contribution < -0.4 is 10.1 Å². The van der Waals surface area contributed by atoms with Gasteiger partial charge in [-0.2, -0.15) is 0 Å². The number of rotatable bonds is 7. The maximum absolute atomic E-state index is 11.9. The Bertz CT molecular complexity index is 602. The third-order valence-corrected chi connectivity index (χ3v) is 3.28. The van der Waals surface area contributed by atoms with E-state index in [1.54, 1.807) is 0 Å². The number of aromatic nitrogens is 1. The molecule has 114 valence electrons. The Hall–Kier alpha value is -1.97. The molecule has 0 aliphatic carbocycles. The molecular weight excluding hydrogens is 264 g/mol. The molecule has 0 saturated carbocycles. The average molecular weight is 288 g/mol. The summed E-state index contributed by atoms with van der Waals surface area (Å²) in [5.74, 6) is 0.922. The van der Waals surface area contributed by atoms with Gasteiger partial charge in [-0.3, -0.25) is 4.79 Å². The average Bonchev–Trinajstić information content (AvgIpc) is 2.81. The van der Waals surface area contributed by atoms with Crippen LogP contribution in [0.4, 0.5) is 0 Å². The number of hydrogen-bond donors (Lipinski definition) is 1. The minimum atomic E-state index is 0.0588. The summed E-state index contributed by atoms with van der Waals surface area (Å²) < 4.78 is 7.66. The van der Waals surface area contributed by atoms with Crippen LogP contribution in [0.25, 0.3) is 10.9 Å². The Balaban J connectivity index is 2.06. The van der Waals surface area contributed by atoms with E-state index in [2.05, 4.69) is 12.2 Å². The van der Waals surface area contributed by atoms with E-state index in [1.807, 2.05) is 48.9 Å². The highest BCUT2D eigenvalue weighted by molar-refractivity contribution is 5.84. The zero-order valence-electron chi connectivity index (χ0n) is 13.1. The van der Waals surface area contributed by atoms with Crippen molar-refractivity contribution in [3.63, 3.8) is 0 Å². The molecule has 1 amide bonds. The maximum atomic E-state index is 11.9. The number of unbranched alkanes of at least 4 members (excludes halogenated alkanes) is 1. The lowest BCUT2D eigenvalue weighted by Gasteiger charge is -2.10. The molecule has 1 heterocycles. The summed E-state index contributed by atoms with van der Waals surface area (Å²) >= 11 is 0. The molecule has 0 saturated heterocycles. The van der Waals surface area contributed by atoms with Crippen molar-refractivity contribution in [2.24, 2.45) is 0 Å². The quantitative estimate of drug-likeness (QED) is 0.794. The lowest BCUT2D eigenvalue weighted by Crippen LogP contribution is -2.28. The topological polar surface area (TPSA) is 43.3 Å². The summed E-state index contributed by atoms with van der Waals surface area (Å²) in [5.41, 5.74) is 1.05. The minimum Gasteiger partial charge on any atom is -0.491 e. The molecule has 0 aliphatic heterocycles. The Kier molecular flexibility index (Phi) is 5.26. The standard InChI is InChI=1S/C17H24N2O2/c1-4-5-9-18-17(20)12-19-10-8-14-11-15(21-13(2)3)6-7-16(14)19/h6-8,10-11,13H,4-5,9,12H2,1-3H3,(H,18,20). The van der Waals surface area contributed by atoms with Crippen molar-refractivity contribution in [2.45, 2.75) is 46.3 Å². The minimum absolute atomic E-state index is 0.0588. The van der Waals surface area contributed by atoms with Gasteiger partial charge in [0.1, 0.15) is 12.3 Å². The van der Waals surface area contributed by atoms with Crippen LogP contribution in [-0.4, -0.2) is 23.1 Å². The molecule has 0 atom stereocenters. The highest BCUT2D eigenvalue weighted by Gasteiger charge is 2.07. The van der Waals surface area contributed by atoms with E-state index in [-0.39, 0.29) is 12.0 Å². The molecule has 4 heteroatoms. The molecule has 1 N–H and O–H groups in total. The molecule has 0 fully saturated rings. The van der Waals surface area contributed by atoms with Gasteiger partial charge in [-0.1, -0.05) is 13.3 Å². The van der Waals surface area contributed by atoms with Gasteiger partial charge < -0.3 is 14.6 Å². The van der Waals surface area contributed by atoms with Crippen LogP contribution in [0.1, 0.15) is 33.6 Å². The van der Waals surface area contributed by atoms with Crippen LogP contribution in [-0.2, 0) is 11.3 Å². The van der Waals surface area contributed by atoms with Crippen molar-refractivity contribution in [2.75, 3.05) is 6.54 Å². The molecule has 2 aromatic rings. The van der Waals surface area contributed by atoms with Gasteiger partial charge in [-0.25, -0.2) is 0 Å². The number of ether oxygens (including phenoxy) is 1. The van der Waals surface area contributed by atoms with Crippen molar-refractivity contribution >= 4 is 16.8 Å². The van der Waals surface area contributed by atoms with Crippen molar-refractivity contribution in [3.05, 3.63) is 30.5 Å². The molecular formula is C17H24N2O2. The molecule has 0 bridgehead atoms. The zero-order valence-corrected chi connectivity index (χ0v) is 13.1. The van der Waals surface area contributed by atoms with E-state index in [1.165, 1.54) is 0 Å². The molecule has 0 radical (unpaired) electrons. The van der Waals surface area contributed by atoms with Gasteiger partial charge in [0.15, 0.2) is 0 Å². The van der Waals surface area contributed by atoms with Crippen LogP contribution in [0.3, 0.4) is 0 Å². The van der Waals surface area contributed by atoms with E-state index in [0.29, 0.717) is 6.54 Å². The summed E-state index contributed by atoms with van der Waals surface area (Å²) in [6.45, 7) is 7.24. The van der Waals surface area contributed by atoms with Crippen LogP contribution in [0.2, 0.25) is 0 Å². The van der Waals surface area contributed by atoms with E-state index in [0.717, 1.165) is 36.0 Å². The molecule has 4 nitrogen and oxygen atoms in total. The van der Waals surface area contributed by atoms with Crippen molar-refractivity contribution in [1.82, 2.24) is 9.88 Å². The Labute approximate surface area is 126 Å². The van der Waals surface area contributed by atoms with Gasteiger partial charge in [0.2, 0.25) is 5.91 Å². The Morgan fingerprint density at radius 1 is 1.33 bits per heavy atom. The molecule has 0 spiro atoms. The number of fused-ring (bicyclic) bond motifs is 1. The lowest BCUT2D eigenvalue weighted by atomic mass is 10.2. The first-order chi connectivity index (χ1) is 10.1. The fraction of sp³-hybridized carbons (Fsp3) is 0.471. The van der Waals surface area contributed by atoms with E-state index in [4.69, 9.17) is 4.74 Å². The largest absolute Gasteiger partial charge is 0.491 e. The molecule has 1 aromatic heterocycles. The van der Waals surface area contributed by atoms with Crippen molar-refractivity contribution in [1.29, 1.82) is 0 Å². The van der Waals surface area contributed by atoms with Gasteiger partial charge in [-0.05, 0) is 44.5 Å². The van der Waals surface area contributed by atoms with Gasteiger partial charge in [0.25, 0.3) is 0 Å². The monoisotopic (exact) mass is 288 g/mol. The van der Waals surface area contributed by atoms with Gasteiger partial charge in [0.05, 0.1) is 6.10 Å². The van der Waals surface area contributed by atoms with E-state index in [9.17, 15) is 4.79 Å². The zero-order chi connectivity index (χ0) is 15.2. The Morgan fingerprint density at radius 2 is 2.14 bits per heavy atom. The highest BCUT2D eigenvalue weighted by Crippen LogP contribution is 2.22. The molecule has 0 aliphatic rings. The number of nitrogens with one attached hydrogen (secondary N) is 1. The molecule has 1 aromatic carbocycles.